The van der Waals surface area contributed by atoms with E-state index < -0.39 is 0 Å². The highest BCUT2D eigenvalue weighted by molar-refractivity contribution is 9.10. The van der Waals surface area contributed by atoms with Crippen molar-refractivity contribution in [2.24, 2.45) is 5.92 Å². The Bertz CT molecular complexity index is 400. The van der Waals surface area contributed by atoms with Crippen LogP contribution in [-0.2, 0) is 4.74 Å². The van der Waals surface area contributed by atoms with Crippen LogP contribution in [0.25, 0.3) is 0 Å². The molecular formula is C12H14BrNO2. The Morgan fingerprint density at radius 3 is 3.00 bits per heavy atom. The van der Waals surface area contributed by atoms with Gasteiger partial charge in [-0.05, 0) is 31.0 Å². The molecule has 16 heavy (non-hydrogen) atoms. The number of rotatable bonds is 2. The molecule has 1 unspecified atom stereocenters. The summed E-state index contributed by atoms with van der Waals surface area (Å²) in [5, 5.41) is 0. The number of hydrogen-bond donors (Lipinski definition) is 1. The maximum Gasteiger partial charge on any atom is 0.169 e. The summed E-state index contributed by atoms with van der Waals surface area (Å²) in [7, 11) is 0. The van der Waals surface area contributed by atoms with Gasteiger partial charge in [0.15, 0.2) is 5.78 Å². The molecule has 86 valence electrons. The standard InChI is InChI=1S/C12H14BrNO2/c13-11-4-3-9(14)6-10(11)12(15)8-2-1-5-16-7-8/h3-4,6,8H,1-2,5,7,14H2. The topological polar surface area (TPSA) is 52.3 Å². The minimum Gasteiger partial charge on any atom is -0.399 e. The second-order valence-corrected chi connectivity index (χ2v) is 4.87. The summed E-state index contributed by atoms with van der Waals surface area (Å²) >= 11 is 3.38. The van der Waals surface area contributed by atoms with Crippen LogP contribution in [0.15, 0.2) is 22.7 Å². The minimum atomic E-state index is -0.0214. The van der Waals surface area contributed by atoms with Gasteiger partial charge in [0.1, 0.15) is 0 Å². The Labute approximate surface area is 103 Å². The van der Waals surface area contributed by atoms with E-state index in [-0.39, 0.29) is 11.7 Å². The van der Waals surface area contributed by atoms with E-state index in [1.165, 1.54) is 0 Å². The summed E-state index contributed by atoms with van der Waals surface area (Å²) in [6.45, 7) is 1.29. The zero-order valence-corrected chi connectivity index (χ0v) is 10.5. The van der Waals surface area contributed by atoms with E-state index in [0.29, 0.717) is 17.9 Å². The van der Waals surface area contributed by atoms with E-state index in [4.69, 9.17) is 10.5 Å². The van der Waals surface area contributed by atoms with Gasteiger partial charge in [0.25, 0.3) is 0 Å². The average Bonchev–Trinajstić information content (AvgIpc) is 2.32. The van der Waals surface area contributed by atoms with Crippen LogP contribution >= 0.6 is 15.9 Å². The molecule has 1 fully saturated rings. The van der Waals surface area contributed by atoms with Gasteiger partial charge in [0, 0.05) is 28.2 Å². The lowest BCUT2D eigenvalue weighted by molar-refractivity contribution is 0.0461. The fourth-order valence-electron chi connectivity index (χ4n) is 1.90. The summed E-state index contributed by atoms with van der Waals surface area (Å²) in [5.74, 6) is 0.103. The van der Waals surface area contributed by atoms with Crippen molar-refractivity contribution in [2.75, 3.05) is 18.9 Å². The maximum absolute atomic E-state index is 12.2. The number of nitrogens with two attached hydrogens (primary N) is 1. The van der Waals surface area contributed by atoms with Crippen molar-refractivity contribution in [3.8, 4) is 0 Å². The highest BCUT2D eigenvalue weighted by Gasteiger charge is 2.24. The maximum atomic E-state index is 12.2. The molecule has 1 aliphatic rings. The van der Waals surface area contributed by atoms with Gasteiger partial charge in [-0.25, -0.2) is 0 Å². The number of anilines is 1. The van der Waals surface area contributed by atoms with E-state index in [2.05, 4.69) is 15.9 Å². The molecule has 2 N–H and O–H groups in total. The smallest absolute Gasteiger partial charge is 0.169 e. The zero-order valence-electron chi connectivity index (χ0n) is 8.91. The van der Waals surface area contributed by atoms with Crippen LogP contribution in [0.5, 0.6) is 0 Å². The summed E-state index contributed by atoms with van der Waals surface area (Å²) in [6.07, 6.45) is 1.86. The van der Waals surface area contributed by atoms with E-state index in [1.54, 1.807) is 12.1 Å². The monoisotopic (exact) mass is 283 g/mol. The van der Waals surface area contributed by atoms with Crippen molar-refractivity contribution in [2.45, 2.75) is 12.8 Å². The number of benzene rings is 1. The Kier molecular flexibility index (Phi) is 3.61. The number of nitrogen functional groups attached to an aromatic ring is 1. The van der Waals surface area contributed by atoms with Crippen molar-refractivity contribution in [1.82, 2.24) is 0 Å². The number of hydrogen-bond acceptors (Lipinski definition) is 3. The lowest BCUT2D eigenvalue weighted by Crippen LogP contribution is -2.25. The van der Waals surface area contributed by atoms with Crippen molar-refractivity contribution in [3.05, 3.63) is 28.2 Å². The molecule has 3 nitrogen and oxygen atoms in total. The van der Waals surface area contributed by atoms with Crippen LogP contribution in [0.4, 0.5) is 5.69 Å². The van der Waals surface area contributed by atoms with Crippen LogP contribution < -0.4 is 5.73 Å². The fraction of sp³-hybridized carbons (Fsp3) is 0.417. The van der Waals surface area contributed by atoms with Gasteiger partial charge in [-0.3, -0.25) is 4.79 Å². The molecule has 0 saturated carbocycles. The lowest BCUT2D eigenvalue weighted by Gasteiger charge is -2.21. The highest BCUT2D eigenvalue weighted by Crippen LogP contribution is 2.25. The number of Topliss-reactive ketones (excluding diaryl/α,β-unsaturated/α-hetero) is 1. The predicted molar refractivity (Wildman–Crippen MR) is 66.4 cm³/mol. The van der Waals surface area contributed by atoms with Gasteiger partial charge in [-0.1, -0.05) is 15.9 Å². The van der Waals surface area contributed by atoms with Gasteiger partial charge >= 0.3 is 0 Å². The van der Waals surface area contributed by atoms with Crippen molar-refractivity contribution < 1.29 is 9.53 Å². The molecule has 0 radical (unpaired) electrons. The van der Waals surface area contributed by atoms with E-state index >= 15 is 0 Å². The Morgan fingerprint density at radius 1 is 1.50 bits per heavy atom. The average molecular weight is 284 g/mol. The first kappa shape index (κ1) is 11.6. The van der Waals surface area contributed by atoms with Gasteiger partial charge in [-0.15, -0.1) is 0 Å². The van der Waals surface area contributed by atoms with Crippen molar-refractivity contribution >= 4 is 27.4 Å². The van der Waals surface area contributed by atoms with E-state index in [9.17, 15) is 4.79 Å². The third-order valence-electron chi connectivity index (χ3n) is 2.79. The molecule has 0 aliphatic carbocycles. The van der Waals surface area contributed by atoms with E-state index in [0.717, 1.165) is 23.9 Å². The Balaban J connectivity index is 2.22. The molecule has 0 aromatic heterocycles. The number of ether oxygens (including phenoxy) is 1. The number of carbonyl (C=O) groups excluding carboxylic acids is 1. The highest BCUT2D eigenvalue weighted by atomic mass is 79.9. The van der Waals surface area contributed by atoms with Crippen LogP contribution in [0, 0.1) is 5.92 Å². The minimum absolute atomic E-state index is 0.0214. The molecule has 4 heteroatoms. The van der Waals surface area contributed by atoms with E-state index in [1.807, 2.05) is 6.07 Å². The third-order valence-corrected chi connectivity index (χ3v) is 3.48. The molecule has 1 atom stereocenters. The van der Waals surface area contributed by atoms with Gasteiger partial charge < -0.3 is 10.5 Å². The molecule has 1 saturated heterocycles. The fourth-order valence-corrected chi connectivity index (χ4v) is 2.34. The Hall–Kier alpha value is -0.870. The SMILES string of the molecule is Nc1ccc(Br)c(C(=O)C2CCCOC2)c1. The molecule has 0 amide bonds. The van der Waals surface area contributed by atoms with Crippen molar-refractivity contribution in [3.63, 3.8) is 0 Å². The van der Waals surface area contributed by atoms with Crippen LogP contribution in [0.2, 0.25) is 0 Å². The summed E-state index contributed by atoms with van der Waals surface area (Å²) < 4.78 is 6.13. The second-order valence-electron chi connectivity index (χ2n) is 4.02. The molecule has 1 aromatic rings. The number of halogens is 1. The van der Waals surface area contributed by atoms with Crippen LogP contribution in [0.1, 0.15) is 23.2 Å². The molecule has 1 aliphatic heterocycles. The van der Waals surface area contributed by atoms with Crippen molar-refractivity contribution in [1.29, 1.82) is 0 Å². The molecule has 2 rings (SSSR count). The quantitative estimate of drug-likeness (QED) is 0.671. The molecule has 1 heterocycles. The molecule has 0 bridgehead atoms. The van der Waals surface area contributed by atoms with Crippen LogP contribution in [0.3, 0.4) is 0 Å². The first-order valence-electron chi connectivity index (χ1n) is 5.35. The predicted octanol–water partition coefficient (Wildman–Crippen LogP) is 2.64. The zero-order chi connectivity index (χ0) is 11.5. The molecule has 1 aromatic carbocycles. The summed E-state index contributed by atoms with van der Waals surface area (Å²) in [6, 6.07) is 5.31. The normalized spacial score (nSPS) is 20.7. The second kappa shape index (κ2) is 4.97. The summed E-state index contributed by atoms with van der Waals surface area (Å²) in [4.78, 5) is 12.2. The van der Waals surface area contributed by atoms with Gasteiger partial charge in [-0.2, -0.15) is 0 Å². The molecular weight excluding hydrogens is 270 g/mol. The number of carbonyl (C=O) groups is 1. The first-order chi connectivity index (χ1) is 7.68. The van der Waals surface area contributed by atoms with Crippen LogP contribution in [-0.4, -0.2) is 19.0 Å². The van der Waals surface area contributed by atoms with Gasteiger partial charge in [0.2, 0.25) is 0 Å². The summed E-state index contributed by atoms with van der Waals surface area (Å²) in [5.41, 5.74) is 6.97. The largest absolute Gasteiger partial charge is 0.399 e. The third kappa shape index (κ3) is 2.44. The molecule has 0 spiro atoms. The van der Waals surface area contributed by atoms with Gasteiger partial charge in [0.05, 0.1) is 6.61 Å². The first-order valence-corrected chi connectivity index (χ1v) is 6.15. The lowest BCUT2D eigenvalue weighted by atomic mass is 9.92. The Morgan fingerprint density at radius 2 is 2.31 bits per heavy atom. The number of ketones is 1.